The molecule has 0 unspecified atom stereocenters. The van der Waals surface area contributed by atoms with Crippen LogP contribution in [0.25, 0.3) is 5.65 Å². The van der Waals surface area contributed by atoms with Gasteiger partial charge in [-0.2, -0.15) is 0 Å². The highest BCUT2D eigenvalue weighted by molar-refractivity contribution is 5.94. The molecule has 0 fully saturated rings. The fourth-order valence-electron chi connectivity index (χ4n) is 1.80. The molecule has 2 rings (SSSR count). The minimum absolute atomic E-state index is 0.203. The molecule has 2 aromatic heterocycles. The van der Waals surface area contributed by atoms with Crippen molar-refractivity contribution in [2.45, 2.75) is 26.8 Å². The molecule has 0 radical (unpaired) electrons. The van der Waals surface area contributed by atoms with Gasteiger partial charge in [0.25, 0.3) is 0 Å². The fourth-order valence-corrected chi connectivity index (χ4v) is 1.80. The number of aryl methyl sites for hydroxylation is 1. The van der Waals surface area contributed by atoms with E-state index in [4.69, 9.17) is 4.74 Å². The number of hydrogen-bond acceptors (Lipinski definition) is 4. The van der Waals surface area contributed by atoms with E-state index < -0.39 is 5.97 Å². The maximum absolute atomic E-state index is 11.7. The van der Waals surface area contributed by atoms with Crippen molar-refractivity contribution >= 4 is 17.4 Å². The highest BCUT2D eigenvalue weighted by atomic mass is 16.5. The molecule has 0 aliphatic heterocycles. The van der Waals surface area contributed by atoms with E-state index in [1.165, 1.54) is 7.11 Å². The molecule has 0 aromatic carbocycles. The number of carbonyl (C=O) groups is 1. The number of ether oxygens (including phenoxy) is 1. The predicted molar refractivity (Wildman–Crippen MR) is 70.0 cm³/mol. The number of pyridine rings is 1. The second-order valence-electron chi connectivity index (χ2n) is 4.53. The summed E-state index contributed by atoms with van der Waals surface area (Å²) >= 11 is 0. The van der Waals surface area contributed by atoms with Crippen LogP contribution in [0.2, 0.25) is 0 Å². The van der Waals surface area contributed by atoms with Gasteiger partial charge in [-0.1, -0.05) is 0 Å². The number of hydrogen-bond donors (Lipinski definition) is 1. The third kappa shape index (κ3) is 2.16. The summed E-state index contributed by atoms with van der Waals surface area (Å²) < 4.78 is 6.62. The first-order valence-electron chi connectivity index (χ1n) is 5.86. The van der Waals surface area contributed by atoms with Crippen molar-refractivity contribution in [2.75, 3.05) is 12.4 Å². The van der Waals surface area contributed by atoms with Crippen molar-refractivity contribution in [2.24, 2.45) is 0 Å². The van der Waals surface area contributed by atoms with Gasteiger partial charge in [0, 0.05) is 12.2 Å². The Balaban J connectivity index is 2.63. The van der Waals surface area contributed by atoms with Crippen molar-refractivity contribution in [3.8, 4) is 0 Å². The molecule has 5 nitrogen and oxygen atoms in total. The number of aromatic nitrogens is 2. The summed E-state index contributed by atoms with van der Waals surface area (Å²) in [5, 5.41) is 3.23. The largest absolute Gasteiger partial charge is 0.464 e. The van der Waals surface area contributed by atoms with Gasteiger partial charge in [0.1, 0.15) is 11.5 Å². The van der Waals surface area contributed by atoms with E-state index in [1.54, 1.807) is 0 Å². The molecule has 18 heavy (non-hydrogen) atoms. The average molecular weight is 247 g/mol. The van der Waals surface area contributed by atoms with Crippen LogP contribution in [0, 0.1) is 6.92 Å². The van der Waals surface area contributed by atoms with Crippen molar-refractivity contribution in [1.29, 1.82) is 0 Å². The van der Waals surface area contributed by atoms with E-state index in [-0.39, 0.29) is 6.04 Å². The van der Waals surface area contributed by atoms with Gasteiger partial charge in [-0.25, -0.2) is 9.78 Å². The lowest BCUT2D eigenvalue weighted by molar-refractivity contribution is 0.0596. The Morgan fingerprint density at radius 1 is 1.50 bits per heavy atom. The summed E-state index contributed by atoms with van der Waals surface area (Å²) in [5.41, 5.74) is 2.15. The van der Waals surface area contributed by atoms with Crippen molar-refractivity contribution < 1.29 is 9.53 Å². The third-order valence-electron chi connectivity index (χ3n) is 2.59. The summed E-state index contributed by atoms with van der Waals surface area (Å²) in [6.07, 6.45) is 1.90. The Bertz CT molecular complexity index is 587. The second kappa shape index (κ2) is 4.68. The van der Waals surface area contributed by atoms with E-state index in [2.05, 4.69) is 10.3 Å². The number of rotatable bonds is 3. The van der Waals surface area contributed by atoms with Crippen LogP contribution >= 0.6 is 0 Å². The molecule has 0 aliphatic carbocycles. The Hall–Kier alpha value is -2.04. The molecule has 0 saturated carbocycles. The minimum atomic E-state index is -0.431. The number of nitrogens with one attached hydrogen (secondary N) is 1. The summed E-state index contributed by atoms with van der Waals surface area (Å²) in [5.74, 6) is 0.242. The minimum Gasteiger partial charge on any atom is -0.464 e. The second-order valence-corrected chi connectivity index (χ2v) is 4.53. The smallest absolute Gasteiger partial charge is 0.360 e. The summed E-state index contributed by atoms with van der Waals surface area (Å²) in [6, 6.07) is 4.11. The predicted octanol–water partition coefficient (Wildman–Crippen LogP) is 2.25. The van der Waals surface area contributed by atoms with Crippen LogP contribution in [0.4, 0.5) is 5.82 Å². The monoisotopic (exact) mass is 247 g/mol. The molecule has 5 heteroatoms. The van der Waals surface area contributed by atoms with Gasteiger partial charge in [-0.3, -0.25) is 4.40 Å². The lowest BCUT2D eigenvalue weighted by Crippen LogP contribution is -2.15. The number of esters is 1. The van der Waals surface area contributed by atoms with Crippen LogP contribution in [0.15, 0.2) is 18.3 Å². The van der Waals surface area contributed by atoms with Crippen molar-refractivity contribution in [1.82, 2.24) is 9.38 Å². The van der Waals surface area contributed by atoms with E-state index >= 15 is 0 Å². The molecular weight excluding hydrogens is 230 g/mol. The third-order valence-corrected chi connectivity index (χ3v) is 2.59. The zero-order valence-corrected chi connectivity index (χ0v) is 11.0. The van der Waals surface area contributed by atoms with Crippen LogP contribution in [-0.2, 0) is 4.74 Å². The number of imidazole rings is 1. The highest BCUT2D eigenvalue weighted by Crippen LogP contribution is 2.20. The molecule has 2 aromatic rings. The molecular formula is C13H17N3O2. The lowest BCUT2D eigenvalue weighted by atomic mass is 10.3. The Labute approximate surface area is 106 Å². The molecule has 0 spiro atoms. The standard InChI is InChI=1S/C13H17N3O2/c1-8(2)14-12-11(13(17)18-4)15-10-7-9(3)5-6-16(10)12/h5-8,14H,1-4H3. The molecule has 96 valence electrons. The number of anilines is 1. The van der Waals surface area contributed by atoms with Crippen molar-refractivity contribution in [3.63, 3.8) is 0 Å². The van der Waals surface area contributed by atoms with E-state index in [0.29, 0.717) is 11.5 Å². The van der Waals surface area contributed by atoms with Gasteiger partial charge < -0.3 is 10.1 Å². The van der Waals surface area contributed by atoms with Crippen molar-refractivity contribution in [3.05, 3.63) is 29.6 Å². The van der Waals surface area contributed by atoms with Gasteiger partial charge in [0.05, 0.1) is 7.11 Å². The first kappa shape index (κ1) is 12.4. The summed E-state index contributed by atoms with van der Waals surface area (Å²) in [7, 11) is 1.36. The van der Waals surface area contributed by atoms with Crippen LogP contribution in [0.5, 0.6) is 0 Å². The van der Waals surface area contributed by atoms with Gasteiger partial charge in [-0.05, 0) is 38.5 Å². The number of methoxy groups -OCH3 is 1. The maximum atomic E-state index is 11.7. The lowest BCUT2D eigenvalue weighted by Gasteiger charge is -2.10. The zero-order valence-electron chi connectivity index (χ0n) is 11.0. The number of carbonyl (C=O) groups excluding carboxylic acids is 1. The molecule has 0 atom stereocenters. The SMILES string of the molecule is COC(=O)c1nc2cc(C)ccn2c1NC(C)C. The van der Waals surface area contributed by atoms with Gasteiger partial charge in [0.15, 0.2) is 5.69 Å². The van der Waals surface area contributed by atoms with E-state index in [9.17, 15) is 4.79 Å². The maximum Gasteiger partial charge on any atom is 0.360 e. The van der Waals surface area contributed by atoms with E-state index in [0.717, 1.165) is 11.2 Å². The van der Waals surface area contributed by atoms with Crippen LogP contribution in [0.1, 0.15) is 29.9 Å². The van der Waals surface area contributed by atoms with Gasteiger partial charge >= 0.3 is 5.97 Å². The summed E-state index contributed by atoms with van der Waals surface area (Å²) in [4.78, 5) is 16.1. The quantitative estimate of drug-likeness (QED) is 0.845. The van der Waals surface area contributed by atoms with Gasteiger partial charge in [0.2, 0.25) is 0 Å². The molecule has 2 heterocycles. The van der Waals surface area contributed by atoms with Crippen LogP contribution in [-0.4, -0.2) is 28.5 Å². The molecule has 0 bridgehead atoms. The first-order valence-corrected chi connectivity index (χ1v) is 5.86. The number of nitrogens with zero attached hydrogens (tertiary/aromatic N) is 2. The Morgan fingerprint density at radius 3 is 2.83 bits per heavy atom. The molecule has 0 amide bonds. The highest BCUT2D eigenvalue weighted by Gasteiger charge is 2.19. The number of fused-ring (bicyclic) bond motifs is 1. The Morgan fingerprint density at radius 2 is 2.22 bits per heavy atom. The first-order chi connectivity index (χ1) is 8.52. The fraction of sp³-hybridized carbons (Fsp3) is 0.385. The summed E-state index contributed by atoms with van der Waals surface area (Å²) in [6.45, 7) is 6.01. The van der Waals surface area contributed by atoms with Crippen LogP contribution in [0.3, 0.4) is 0 Å². The average Bonchev–Trinajstić information content (AvgIpc) is 2.65. The topological polar surface area (TPSA) is 55.6 Å². The molecule has 0 aliphatic rings. The molecule has 0 saturated heterocycles. The van der Waals surface area contributed by atoms with Gasteiger partial charge in [-0.15, -0.1) is 0 Å². The molecule has 1 N–H and O–H groups in total. The van der Waals surface area contributed by atoms with E-state index in [1.807, 2.05) is 43.5 Å². The zero-order chi connectivity index (χ0) is 13.3. The normalized spacial score (nSPS) is 10.9. The van der Waals surface area contributed by atoms with Crippen LogP contribution < -0.4 is 5.32 Å². The Kier molecular flexibility index (Phi) is 3.23.